The quantitative estimate of drug-likeness (QED) is 0.497. The Morgan fingerprint density at radius 3 is 2.26 bits per heavy atom. The van der Waals surface area contributed by atoms with E-state index in [9.17, 15) is 13.2 Å². The molecule has 1 rings (SSSR count). The van der Waals surface area contributed by atoms with E-state index in [1.165, 1.54) is 6.92 Å². The summed E-state index contributed by atoms with van der Waals surface area (Å²) < 4.78 is 37.5. The fraction of sp³-hybridized carbons (Fsp3) is 0.200. The number of hydrogen-bond acceptors (Lipinski definition) is 4. The molecule has 1 aromatic rings. The van der Waals surface area contributed by atoms with Crippen molar-refractivity contribution < 1.29 is 18.4 Å². The van der Waals surface area contributed by atoms with Gasteiger partial charge in [-0.05, 0) is 19.1 Å². The highest BCUT2D eigenvalue weighted by Gasteiger charge is 2.32. The minimum atomic E-state index is -4.53. The molecule has 104 valence electrons. The van der Waals surface area contributed by atoms with Crippen LogP contribution in [0.5, 0.6) is 0 Å². The fourth-order valence-corrected chi connectivity index (χ4v) is 1.67. The molecular weight excluding hydrogens is 306 g/mol. The van der Waals surface area contributed by atoms with Crippen molar-refractivity contribution in [2.75, 3.05) is 5.43 Å². The van der Waals surface area contributed by atoms with Gasteiger partial charge in [-0.3, -0.25) is 5.43 Å². The average molecular weight is 314 g/mol. The monoisotopic (exact) mass is 313 g/mol. The van der Waals surface area contributed by atoms with E-state index in [4.69, 9.17) is 28.4 Å². The maximum Gasteiger partial charge on any atom is 0.416 e. The van der Waals surface area contributed by atoms with Crippen molar-refractivity contribution in [2.24, 2.45) is 10.3 Å². The molecule has 0 atom stereocenters. The zero-order chi connectivity index (χ0) is 14.6. The number of nitrogens with zero attached hydrogens (tertiary/aromatic N) is 2. The molecule has 0 aliphatic rings. The molecule has 4 nitrogen and oxygen atoms in total. The first-order chi connectivity index (χ1) is 8.75. The number of oxime groups is 1. The van der Waals surface area contributed by atoms with Crippen molar-refractivity contribution in [1.29, 1.82) is 0 Å². The average Bonchev–Trinajstić information content (AvgIpc) is 2.26. The van der Waals surface area contributed by atoms with Crippen LogP contribution >= 0.6 is 23.2 Å². The van der Waals surface area contributed by atoms with Crippen molar-refractivity contribution in [2.45, 2.75) is 13.1 Å². The molecule has 0 saturated heterocycles. The van der Waals surface area contributed by atoms with Gasteiger partial charge in [0.1, 0.15) is 0 Å². The summed E-state index contributed by atoms with van der Waals surface area (Å²) in [5.74, 6) is 0. The highest BCUT2D eigenvalue weighted by Crippen LogP contribution is 2.38. The summed E-state index contributed by atoms with van der Waals surface area (Å²) in [6, 6.07) is 1.47. The Bertz CT molecular complexity index is 506. The van der Waals surface area contributed by atoms with E-state index in [-0.39, 0.29) is 21.4 Å². The molecule has 0 radical (unpaired) electrons. The summed E-state index contributed by atoms with van der Waals surface area (Å²) in [6.45, 7) is 1.50. The van der Waals surface area contributed by atoms with Gasteiger partial charge in [0, 0.05) is 0 Å². The van der Waals surface area contributed by atoms with Crippen molar-refractivity contribution in [3.05, 3.63) is 27.7 Å². The lowest BCUT2D eigenvalue weighted by atomic mass is 10.2. The lowest BCUT2D eigenvalue weighted by molar-refractivity contribution is -0.137. The second kappa shape index (κ2) is 6.12. The Morgan fingerprint density at radius 1 is 1.32 bits per heavy atom. The van der Waals surface area contributed by atoms with E-state index < -0.39 is 11.7 Å². The third-order valence-electron chi connectivity index (χ3n) is 1.96. The van der Waals surface area contributed by atoms with Gasteiger partial charge in [0.2, 0.25) is 0 Å². The Balaban J connectivity index is 3.08. The zero-order valence-electron chi connectivity index (χ0n) is 9.46. The topological polar surface area (TPSA) is 57.0 Å². The summed E-state index contributed by atoms with van der Waals surface area (Å²) in [5.41, 5.74) is 1.75. The van der Waals surface area contributed by atoms with Gasteiger partial charge < -0.3 is 5.21 Å². The van der Waals surface area contributed by atoms with Gasteiger partial charge in [-0.2, -0.15) is 18.3 Å². The predicted octanol–water partition coefficient (Wildman–Crippen LogP) is 4.26. The van der Waals surface area contributed by atoms with E-state index in [1.54, 1.807) is 0 Å². The molecule has 0 bridgehead atoms. The highest BCUT2D eigenvalue weighted by molar-refractivity contribution is 6.39. The maximum atomic E-state index is 12.5. The van der Waals surface area contributed by atoms with Gasteiger partial charge in [-0.1, -0.05) is 28.4 Å². The van der Waals surface area contributed by atoms with Crippen LogP contribution in [0.4, 0.5) is 18.9 Å². The first-order valence-electron chi connectivity index (χ1n) is 4.79. The van der Waals surface area contributed by atoms with Gasteiger partial charge >= 0.3 is 6.18 Å². The lowest BCUT2D eigenvalue weighted by Gasteiger charge is -2.11. The molecule has 1 aromatic carbocycles. The van der Waals surface area contributed by atoms with E-state index >= 15 is 0 Å². The summed E-state index contributed by atoms with van der Waals surface area (Å²) >= 11 is 11.4. The molecule has 0 aliphatic heterocycles. The van der Waals surface area contributed by atoms with Crippen LogP contribution in [-0.2, 0) is 6.18 Å². The number of anilines is 1. The Labute approximate surface area is 116 Å². The zero-order valence-corrected chi connectivity index (χ0v) is 11.0. The molecule has 0 heterocycles. The van der Waals surface area contributed by atoms with Gasteiger partial charge in [0.25, 0.3) is 0 Å². The summed E-state index contributed by atoms with van der Waals surface area (Å²) in [6.07, 6.45) is -3.51. The first-order valence-corrected chi connectivity index (χ1v) is 5.55. The SMILES string of the molecule is CC(C=NO)=NNc1c(Cl)cc(C(F)(F)F)cc1Cl. The van der Waals surface area contributed by atoms with Gasteiger partial charge in [-0.25, -0.2) is 0 Å². The highest BCUT2D eigenvalue weighted by atomic mass is 35.5. The molecule has 0 saturated carbocycles. The number of hydrogen-bond donors (Lipinski definition) is 2. The number of hydrazone groups is 1. The Morgan fingerprint density at radius 2 is 1.84 bits per heavy atom. The number of alkyl halides is 3. The summed E-state index contributed by atoms with van der Waals surface area (Å²) in [7, 11) is 0. The van der Waals surface area contributed by atoms with E-state index in [2.05, 4.69) is 15.7 Å². The third-order valence-corrected chi connectivity index (χ3v) is 2.55. The molecule has 0 amide bonds. The summed E-state index contributed by atoms with van der Waals surface area (Å²) in [4.78, 5) is 0. The molecule has 0 aliphatic carbocycles. The smallest absolute Gasteiger partial charge is 0.411 e. The van der Waals surface area contributed by atoms with Crippen LogP contribution in [0, 0.1) is 0 Å². The number of benzene rings is 1. The van der Waals surface area contributed by atoms with E-state index in [1.807, 2.05) is 0 Å². The minimum Gasteiger partial charge on any atom is -0.411 e. The van der Waals surface area contributed by atoms with Crippen molar-refractivity contribution in [1.82, 2.24) is 0 Å². The molecule has 0 fully saturated rings. The fourth-order valence-electron chi connectivity index (χ4n) is 1.10. The standard InChI is InChI=1S/C10H8Cl2F3N3O/c1-5(4-16-19)17-18-9-7(11)2-6(3-8(9)12)10(13,14)15/h2-4,18-19H,1H3. The van der Waals surface area contributed by atoms with Crippen LogP contribution in [0.1, 0.15) is 12.5 Å². The number of nitrogens with one attached hydrogen (secondary N) is 1. The van der Waals surface area contributed by atoms with Crippen LogP contribution in [0.2, 0.25) is 10.0 Å². The number of halogens is 5. The molecule has 19 heavy (non-hydrogen) atoms. The van der Waals surface area contributed by atoms with Gasteiger partial charge in [-0.15, -0.1) is 0 Å². The second-order valence-corrected chi connectivity index (χ2v) is 4.24. The van der Waals surface area contributed by atoms with Crippen molar-refractivity contribution in [3.63, 3.8) is 0 Å². The van der Waals surface area contributed by atoms with Crippen molar-refractivity contribution in [3.8, 4) is 0 Å². The van der Waals surface area contributed by atoms with Gasteiger partial charge in [0.15, 0.2) is 0 Å². The molecule has 0 unspecified atom stereocenters. The van der Waals surface area contributed by atoms with Crippen LogP contribution in [0.25, 0.3) is 0 Å². The second-order valence-electron chi connectivity index (χ2n) is 3.42. The van der Waals surface area contributed by atoms with Crippen molar-refractivity contribution >= 4 is 40.8 Å². The summed E-state index contributed by atoms with van der Waals surface area (Å²) in [5, 5.41) is 14.2. The Kier molecular flexibility index (Phi) is 5.02. The largest absolute Gasteiger partial charge is 0.416 e. The molecular formula is C10H8Cl2F3N3O. The first kappa shape index (κ1) is 15.6. The lowest BCUT2D eigenvalue weighted by Crippen LogP contribution is -2.06. The van der Waals surface area contributed by atoms with Crippen LogP contribution < -0.4 is 5.43 Å². The molecule has 2 N–H and O–H groups in total. The minimum absolute atomic E-state index is 0.0297. The van der Waals surface area contributed by atoms with Crippen LogP contribution in [-0.4, -0.2) is 17.1 Å². The van der Waals surface area contributed by atoms with E-state index in [0.717, 1.165) is 18.3 Å². The normalized spacial score (nSPS) is 13.1. The van der Waals surface area contributed by atoms with Crippen LogP contribution in [0.3, 0.4) is 0 Å². The molecule has 0 spiro atoms. The number of rotatable bonds is 3. The van der Waals surface area contributed by atoms with Crippen LogP contribution in [0.15, 0.2) is 22.4 Å². The maximum absolute atomic E-state index is 12.5. The Hall–Kier alpha value is -1.47. The predicted molar refractivity (Wildman–Crippen MR) is 68.5 cm³/mol. The van der Waals surface area contributed by atoms with E-state index in [0.29, 0.717) is 0 Å². The van der Waals surface area contributed by atoms with Gasteiger partial charge in [0.05, 0.1) is 33.2 Å². The molecule has 9 heteroatoms. The third kappa shape index (κ3) is 4.29. The molecule has 0 aromatic heterocycles.